The molecule has 0 aliphatic heterocycles. The number of nitrogens with zero attached hydrogens (tertiary/aromatic N) is 4. The number of aryl methyl sites for hydroxylation is 1. The Hall–Kier alpha value is -3.54. The molecule has 180 valence electrons. The van der Waals surface area contributed by atoms with E-state index in [0.717, 1.165) is 17.2 Å². The van der Waals surface area contributed by atoms with Crippen molar-refractivity contribution in [2.24, 2.45) is 0 Å². The molecule has 0 aliphatic carbocycles. The van der Waals surface area contributed by atoms with E-state index < -0.39 is 37.9 Å². The lowest BCUT2D eigenvalue weighted by Gasteiger charge is -2.21. The molecule has 2 aromatic heterocycles. The van der Waals surface area contributed by atoms with Crippen LogP contribution in [0.25, 0.3) is 11.1 Å². The van der Waals surface area contributed by atoms with Crippen molar-refractivity contribution >= 4 is 21.6 Å². The summed E-state index contributed by atoms with van der Waals surface area (Å²) in [6.45, 7) is 3.78. The Kier molecular flexibility index (Phi) is 6.92. The summed E-state index contributed by atoms with van der Waals surface area (Å²) in [7, 11) is -2.72. The van der Waals surface area contributed by atoms with Crippen LogP contribution in [0.3, 0.4) is 0 Å². The lowest BCUT2D eigenvalue weighted by molar-refractivity contribution is -0.137. The van der Waals surface area contributed by atoms with Gasteiger partial charge in [-0.25, -0.2) is 13.4 Å². The zero-order chi connectivity index (χ0) is 25.3. The maximum absolute atomic E-state index is 13.4. The van der Waals surface area contributed by atoms with Crippen LogP contribution in [0.2, 0.25) is 0 Å². The quantitative estimate of drug-likeness (QED) is 0.511. The maximum Gasteiger partial charge on any atom is 0.416 e. The van der Waals surface area contributed by atoms with Crippen LogP contribution in [0.5, 0.6) is 5.88 Å². The van der Waals surface area contributed by atoms with Gasteiger partial charge in [0.1, 0.15) is 0 Å². The maximum atomic E-state index is 13.4. The number of sulfone groups is 1. The van der Waals surface area contributed by atoms with Gasteiger partial charge in [0.25, 0.3) is 5.91 Å². The number of pyridine rings is 1. The second-order valence-electron chi connectivity index (χ2n) is 7.39. The normalized spacial score (nSPS) is 11.9. The number of carbonyl (C=O) groups excluding carboxylic acids is 1. The van der Waals surface area contributed by atoms with Crippen LogP contribution in [-0.2, 0) is 16.0 Å². The van der Waals surface area contributed by atoms with Crippen LogP contribution < -0.4 is 9.64 Å². The molecule has 3 aromatic rings. The van der Waals surface area contributed by atoms with Gasteiger partial charge in [-0.3, -0.25) is 9.69 Å². The average Bonchev–Trinajstić information content (AvgIpc) is 2.77. The third-order valence-electron chi connectivity index (χ3n) is 4.77. The lowest BCUT2D eigenvalue weighted by Crippen LogP contribution is -2.29. The smallest absolute Gasteiger partial charge is 0.416 e. The molecule has 34 heavy (non-hydrogen) atoms. The van der Waals surface area contributed by atoms with Crippen LogP contribution in [0.4, 0.5) is 19.0 Å². The molecule has 0 aliphatic rings. The highest BCUT2D eigenvalue weighted by Gasteiger charge is 2.33. The van der Waals surface area contributed by atoms with Gasteiger partial charge in [-0.15, -0.1) is 5.10 Å². The Labute approximate surface area is 194 Å². The molecule has 0 radical (unpaired) electrons. The molecule has 0 unspecified atom stereocenters. The number of benzene rings is 1. The van der Waals surface area contributed by atoms with Crippen LogP contribution in [0, 0.1) is 6.92 Å². The average molecular weight is 494 g/mol. The van der Waals surface area contributed by atoms with Gasteiger partial charge < -0.3 is 4.74 Å². The van der Waals surface area contributed by atoms with Crippen LogP contribution in [0.1, 0.15) is 28.5 Å². The highest BCUT2D eigenvalue weighted by atomic mass is 32.2. The second kappa shape index (κ2) is 9.37. The molecular formula is C22H21F3N4O4S. The molecule has 0 saturated heterocycles. The van der Waals surface area contributed by atoms with Gasteiger partial charge in [0.05, 0.1) is 22.8 Å². The van der Waals surface area contributed by atoms with Crippen molar-refractivity contribution in [3.8, 4) is 17.0 Å². The highest BCUT2D eigenvalue weighted by Crippen LogP contribution is 2.36. The summed E-state index contributed by atoms with van der Waals surface area (Å²) >= 11 is 0. The topological polar surface area (TPSA) is 102 Å². The van der Waals surface area contributed by atoms with Crippen molar-refractivity contribution in [3.63, 3.8) is 0 Å². The predicted molar refractivity (Wildman–Crippen MR) is 118 cm³/mol. The van der Waals surface area contributed by atoms with E-state index in [4.69, 9.17) is 4.74 Å². The van der Waals surface area contributed by atoms with Gasteiger partial charge in [0.2, 0.25) is 5.88 Å². The van der Waals surface area contributed by atoms with Crippen molar-refractivity contribution in [1.29, 1.82) is 0 Å². The fraction of sp³-hybridized carbons (Fsp3) is 0.273. The third-order valence-corrected chi connectivity index (χ3v) is 5.86. The highest BCUT2D eigenvalue weighted by molar-refractivity contribution is 7.90. The Bertz CT molecular complexity index is 1340. The fourth-order valence-electron chi connectivity index (χ4n) is 3.17. The molecule has 0 N–H and O–H groups in total. The number of alkyl halides is 3. The molecule has 0 spiro atoms. The van der Waals surface area contributed by atoms with Crippen molar-refractivity contribution < 1.29 is 31.1 Å². The number of aromatic nitrogens is 3. The molecule has 3 rings (SSSR count). The standard InChI is InChI=1S/C22H21F3N4O4S/c1-5-33-20-17(7-6-8-26-20)18-9-13(2)27-28-19(18)29(3)21(30)14-10-15(22(23,24)25)12-16(11-14)34(4,31)32/h6-12H,5H2,1-4H3. The van der Waals surface area contributed by atoms with Gasteiger partial charge in [-0.2, -0.15) is 18.3 Å². The van der Waals surface area contributed by atoms with Gasteiger partial charge >= 0.3 is 6.18 Å². The molecule has 1 amide bonds. The van der Waals surface area contributed by atoms with Crippen LogP contribution in [-0.4, -0.2) is 49.4 Å². The summed E-state index contributed by atoms with van der Waals surface area (Å²) in [5.74, 6) is -0.599. The minimum absolute atomic E-state index is 0.0304. The third kappa shape index (κ3) is 5.33. The number of halogens is 3. The number of carbonyl (C=O) groups is 1. The Balaban J connectivity index is 2.16. The van der Waals surface area contributed by atoms with E-state index in [2.05, 4.69) is 15.2 Å². The van der Waals surface area contributed by atoms with Crippen molar-refractivity contribution in [2.45, 2.75) is 24.9 Å². The zero-order valence-electron chi connectivity index (χ0n) is 18.7. The van der Waals surface area contributed by atoms with E-state index >= 15 is 0 Å². The molecule has 0 atom stereocenters. The summed E-state index contributed by atoms with van der Waals surface area (Å²) in [6, 6.07) is 6.99. The summed E-state index contributed by atoms with van der Waals surface area (Å²) in [6.07, 6.45) is -2.56. The summed E-state index contributed by atoms with van der Waals surface area (Å²) < 4.78 is 69.7. The number of hydrogen-bond acceptors (Lipinski definition) is 7. The van der Waals surface area contributed by atoms with E-state index in [1.165, 1.54) is 13.2 Å². The number of amides is 1. The molecule has 8 nitrogen and oxygen atoms in total. The minimum atomic E-state index is -4.86. The van der Waals surface area contributed by atoms with E-state index in [9.17, 15) is 26.4 Å². The molecule has 1 aromatic carbocycles. The Morgan fingerprint density at radius 1 is 1.12 bits per heavy atom. The zero-order valence-corrected chi connectivity index (χ0v) is 19.5. The lowest BCUT2D eigenvalue weighted by atomic mass is 10.1. The van der Waals surface area contributed by atoms with Crippen molar-refractivity contribution in [2.75, 3.05) is 24.8 Å². The van der Waals surface area contributed by atoms with Crippen LogP contribution >= 0.6 is 0 Å². The summed E-state index contributed by atoms with van der Waals surface area (Å²) in [4.78, 5) is 17.8. The van der Waals surface area contributed by atoms with Crippen LogP contribution in [0.15, 0.2) is 47.5 Å². The first kappa shape index (κ1) is 25.1. The molecule has 2 heterocycles. The number of hydrogen-bond donors (Lipinski definition) is 0. The summed E-state index contributed by atoms with van der Waals surface area (Å²) in [5.41, 5.74) is -0.298. The van der Waals surface area contributed by atoms with E-state index in [0.29, 0.717) is 35.6 Å². The Morgan fingerprint density at radius 3 is 2.44 bits per heavy atom. The molecule has 0 fully saturated rings. The van der Waals surface area contributed by atoms with E-state index in [-0.39, 0.29) is 11.7 Å². The van der Waals surface area contributed by atoms with Gasteiger partial charge in [0, 0.05) is 36.2 Å². The van der Waals surface area contributed by atoms with Crippen molar-refractivity contribution in [1.82, 2.24) is 15.2 Å². The molecule has 0 bridgehead atoms. The molecule has 0 saturated carbocycles. The minimum Gasteiger partial charge on any atom is -0.478 e. The molecule has 12 heteroatoms. The SMILES string of the molecule is CCOc1ncccc1-c1cc(C)nnc1N(C)C(=O)c1cc(C(F)(F)F)cc(S(C)(=O)=O)c1. The first-order chi connectivity index (χ1) is 15.8. The fourth-order valence-corrected chi connectivity index (χ4v) is 3.85. The van der Waals surface area contributed by atoms with Gasteiger partial charge in [-0.05, 0) is 50.2 Å². The first-order valence-corrected chi connectivity index (χ1v) is 11.8. The van der Waals surface area contributed by atoms with Crippen molar-refractivity contribution in [3.05, 3.63) is 59.4 Å². The largest absolute Gasteiger partial charge is 0.478 e. The second-order valence-corrected chi connectivity index (χ2v) is 9.41. The predicted octanol–water partition coefficient (Wildman–Crippen LogP) is 3.94. The number of anilines is 1. The number of rotatable bonds is 6. The first-order valence-electron chi connectivity index (χ1n) is 9.95. The number of ether oxygens (including phenoxy) is 1. The van der Waals surface area contributed by atoms with Gasteiger partial charge in [0.15, 0.2) is 15.7 Å². The van der Waals surface area contributed by atoms with E-state index in [1.807, 2.05) is 0 Å². The summed E-state index contributed by atoms with van der Waals surface area (Å²) in [5, 5.41) is 8.05. The van der Waals surface area contributed by atoms with E-state index in [1.54, 1.807) is 32.0 Å². The molecular weight excluding hydrogens is 473 g/mol. The monoisotopic (exact) mass is 494 g/mol. The Morgan fingerprint density at radius 2 is 1.82 bits per heavy atom. The van der Waals surface area contributed by atoms with Gasteiger partial charge in [-0.1, -0.05) is 0 Å².